The zero-order chi connectivity index (χ0) is 14.5. The number of benzene rings is 1. The van der Waals surface area contributed by atoms with Crippen molar-refractivity contribution in [1.29, 1.82) is 0 Å². The van der Waals surface area contributed by atoms with Crippen LogP contribution >= 0.6 is 12.2 Å². The number of aromatic nitrogens is 2. The van der Waals surface area contributed by atoms with Gasteiger partial charge in [-0.15, -0.1) is 0 Å². The fourth-order valence-corrected chi connectivity index (χ4v) is 2.38. The summed E-state index contributed by atoms with van der Waals surface area (Å²) < 4.78 is 1.95. The van der Waals surface area contributed by atoms with E-state index in [0.29, 0.717) is 11.7 Å². The lowest BCUT2D eigenvalue weighted by atomic mass is 10.1. The maximum atomic E-state index is 5.32. The first-order chi connectivity index (χ1) is 9.58. The Balaban J connectivity index is 1.92. The highest BCUT2D eigenvalue weighted by Crippen LogP contribution is 2.13. The van der Waals surface area contributed by atoms with Crippen molar-refractivity contribution in [3.63, 3.8) is 0 Å². The van der Waals surface area contributed by atoms with Gasteiger partial charge in [-0.1, -0.05) is 6.07 Å². The molecule has 0 unspecified atom stereocenters. The predicted octanol–water partition coefficient (Wildman–Crippen LogP) is 3.01. The highest BCUT2D eigenvalue weighted by molar-refractivity contribution is 7.80. The molecule has 0 aliphatic rings. The molecule has 0 fully saturated rings. The summed E-state index contributed by atoms with van der Waals surface area (Å²) in [6.07, 6.45) is 1.81. The number of hydrogen-bond donors (Lipinski definition) is 2. The van der Waals surface area contributed by atoms with Crippen molar-refractivity contribution in [2.24, 2.45) is 0 Å². The molecule has 0 aliphatic heterocycles. The molecule has 0 spiro atoms. The molecule has 2 rings (SSSR count). The molecule has 0 aliphatic carbocycles. The van der Waals surface area contributed by atoms with E-state index in [1.807, 2.05) is 10.7 Å². The van der Waals surface area contributed by atoms with E-state index in [0.717, 1.165) is 17.9 Å². The van der Waals surface area contributed by atoms with Crippen LogP contribution in [0.4, 0.5) is 5.69 Å². The number of rotatable bonds is 4. The highest BCUT2D eigenvalue weighted by Gasteiger charge is 2.03. The fraction of sp³-hybridized carbons (Fsp3) is 0.333. The van der Waals surface area contributed by atoms with E-state index in [4.69, 9.17) is 12.2 Å². The molecular formula is C15H20N4S. The van der Waals surface area contributed by atoms with Crippen LogP contribution < -0.4 is 10.6 Å². The lowest BCUT2D eigenvalue weighted by molar-refractivity contribution is 0.614. The largest absolute Gasteiger partial charge is 0.357 e. The van der Waals surface area contributed by atoms with Crippen LogP contribution in [0.2, 0.25) is 0 Å². The normalized spacial score (nSPS) is 10.3. The minimum atomic E-state index is 0.624. The van der Waals surface area contributed by atoms with Gasteiger partial charge in [0.25, 0.3) is 0 Å². The molecule has 0 bridgehead atoms. The van der Waals surface area contributed by atoms with Gasteiger partial charge in [-0.3, -0.25) is 4.68 Å². The molecule has 2 N–H and O–H groups in total. The highest BCUT2D eigenvalue weighted by atomic mass is 32.1. The molecule has 1 aromatic carbocycles. The number of nitrogens with one attached hydrogen (secondary N) is 2. The van der Waals surface area contributed by atoms with Gasteiger partial charge in [0.1, 0.15) is 0 Å². The third kappa shape index (κ3) is 3.81. The lowest BCUT2D eigenvalue weighted by Gasteiger charge is -2.12. The van der Waals surface area contributed by atoms with E-state index in [-0.39, 0.29) is 0 Å². The van der Waals surface area contributed by atoms with E-state index in [2.05, 4.69) is 54.7 Å². The first kappa shape index (κ1) is 14.5. The van der Waals surface area contributed by atoms with Gasteiger partial charge in [0.2, 0.25) is 0 Å². The summed E-state index contributed by atoms with van der Waals surface area (Å²) in [6, 6.07) is 8.30. The molecular weight excluding hydrogens is 268 g/mol. The summed E-state index contributed by atoms with van der Waals surface area (Å²) >= 11 is 5.32. The van der Waals surface area contributed by atoms with Gasteiger partial charge in [-0.25, -0.2) is 0 Å². The van der Waals surface area contributed by atoms with Gasteiger partial charge in [-0.05, 0) is 62.3 Å². The van der Waals surface area contributed by atoms with Gasteiger partial charge in [-0.2, -0.15) is 5.10 Å². The Labute approximate surface area is 125 Å². The lowest BCUT2D eigenvalue weighted by Crippen LogP contribution is -2.29. The molecule has 2 aromatic rings. The molecule has 1 heterocycles. The quantitative estimate of drug-likeness (QED) is 0.849. The second-order valence-corrected chi connectivity index (χ2v) is 5.23. The predicted molar refractivity (Wildman–Crippen MR) is 86.9 cm³/mol. The summed E-state index contributed by atoms with van der Waals surface area (Å²) in [6.45, 7) is 7.76. The van der Waals surface area contributed by atoms with E-state index in [1.165, 1.54) is 11.1 Å². The average Bonchev–Trinajstić information content (AvgIpc) is 2.82. The van der Waals surface area contributed by atoms with Gasteiger partial charge in [0.15, 0.2) is 5.11 Å². The Morgan fingerprint density at radius 2 is 1.95 bits per heavy atom. The van der Waals surface area contributed by atoms with E-state index >= 15 is 0 Å². The van der Waals surface area contributed by atoms with Crippen LogP contribution in [-0.2, 0) is 13.1 Å². The standard InChI is InChI=1S/C15H20N4S/c1-4-19-14(5-6-17-19)10-16-15(20)18-13-8-11(2)7-12(3)9-13/h5-9H,4,10H2,1-3H3,(H2,16,18,20). The van der Waals surface area contributed by atoms with Crippen molar-refractivity contribution in [3.05, 3.63) is 47.3 Å². The van der Waals surface area contributed by atoms with Crippen LogP contribution in [0.3, 0.4) is 0 Å². The van der Waals surface area contributed by atoms with Crippen LogP contribution in [0.1, 0.15) is 23.7 Å². The zero-order valence-electron chi connectivity index (χ0n) is 12.1. The van der Waals surface area contributed by atoms with Gasteiger partial charge >= 0.3 is 0 Å². The molecule has 20 heavy (non-hydrogen) atoms. The molecule has 4 nitrogen and oxygen atoms in total. The molecule has 106 valence electrons. The maximum absolute atomic E-state index is 5.32. The van der Waals surface area contributed by atoms with Crippen molar-refractivity contribution in [2.75, 3.05) is 5.32 Å². The summed E-state index contributed by atoms with van der Waals surface area (Å²) in [5.74, 6) is 0. The van der Waals surface area contributed by atoms with Crippen LogP contribution in [0, 0.1) is 13.8 Å². The van der Waals surface area contributed by atoms with Crippen LogP contribution in [0.5, 0.6) is 0 Å². The Morgan fingerprint density at radius 3 is 2.60 bits per heavy atom. The molecule has 0 saturated carbocycles. The summed E-state index contributed by atoms with van der Waals surface area (Å²) in [4.78, 5) is 0. The van der Waals surface area contributed by atoms with Gasteiger partial charge in [0.05, 0.1) is 12.2 Å². The SMILES string of the molecule is CCn1nccc1CNC(=S)Nc1cc(C)cc(C)c1. The van der Waals surface area contributed by atoms with E-state index in [9.17, 15) is 0 Å². The minimum absolute atomic E-state index is 0.624. The van der Waals surface area contributed by atoms with Crippen LogP contribution in [0.15, 0.2) is 30.5 Å². The Hall–Kier alpha value is -1.88. The Kier molecular flexibility index (Phi) is 4.74. The van der Waals surface area contributed by atoms with Gasteiger partial charge < -0.3 is 10.6 Å². The van der Waals surface area contributed by atoms with Crippen molar-refractivity contribution >= 4 is 23.0 Å². The van der Waals surface area contributed by atoms with Crippen LogP contribution in [0.25, 0.3) is 0 Å². The number of thiocarbonyl (C=S) groups is 1. The van der Waals surface area contributed by atoms with Crippen molar-refractivity contribution < 1.29 is 0 Å². The summed E-state index contributed by atoms with van der Waals surface area (Å²) in [5, 5.41) is 11.3. The number of nitrogens with zero attached hydrogens (tertiary/aromatic N) is 2. The first-order valence-corrected chi connectivity index (χ1v) is 7.13. The third-order valence-corrected chi connectivity index (χ3v) is 3.26. The van der Waals surface area contributed by atoms with Crippen LogP contribution in [-0.4, -0.2) is 14.9 Å². The minimum Gasteiger partial charge on any atom is -0.357 e. The second-order valence-electron chi connectivity index (χ2n) is 4.82. The third-order valence-electron chi connectivity index (χ3n) is 3.01. The van der Waals surface area contributed by atoms with Crippen molar-refractivity contribution in [3.8, 4) is 0 Å². The number of aryl methyl sites for hydroxylation is 3. The fourth-order valence-electron chi connectivity index (χ4n) is 2.19. The second kappa shape index (κ2) is 6.52. The molecule has 0 atom stereocenters. The topological polar surface area (TPSA) is 41.9 Å². The van der Waals surface area contributed by atoms with Gasteiger partial charge in [0, 0.05) is 18.4 Å². The van der Waals surface area contributed by atoms with E-state index in [1.54, 1.807) is 6.20 Å². The number of anilines is 1. The van der Waals surface area contributed by atoms with E-state index < -0.39 is 0 Å². The zero-order valence-corrected chi connectivity index (χ0v) is 12.9. The first-order valence-electron chi connectivity index (χ1n) is 6.72. The molecule has 0 radical (unpaired) electrons. The number of hydrogen-bond acceptors (Lipinski definition) is 2. The smallest absolute Gasteiger partial charge is 0.171 e. The Bertz CT molecular complexity index is 583. The molecule has 0 amide bonds. The monoisotopic (exact) mass is 288 g/mol. The Morgan fingerprint density at radius 1 is 1.25 bits per heavy atom. The molecule has 1 aromatic heterocycles. The summed E-state index contributed by atoms with van der Waals surface area (Å²) in [7, 11) is 0. The maximum Gasteiger partial charge on any atom is 0.171 e. The molecule has 5 heteroatoms. The summed E-state index contributed by atoms with van der Waals surface area (Å²) in [5.41, 5.74) is 4.58. The van der Waals surface area contributed by atoms with Crippen molar-refractivity contribution in [2.45, 2.75) is 33.9 Å². The molecule has 0 saturated heterocycles. The van der Waals surface area contributed by atoms with Crippen molar-refractivity contribution in [1.82, 2.24) is 15.1 Å². The average molecular weight is 288 g/mol.